The van der Waals surface area contributed by atoms with Crippen molar-refractivity contribution >= 4 is 62.3 Å². The molecule has 0 saturated carbocycles. The Morgan fingerprint density at radius 2 is 1.61 bits per heavy atom. The lowest BCUT2D eigenvalue weighted by molar-refractivity contribution is -0.141. The standard InChI is InChI=1S/C25H32Cl3N3O4S/c1-5-23(25(33)29-17(2)3)30(16-18-8-9-20(27)15-22(18)28)24(32)7-6-14-31(36(4,34)35)21-12-10-19(26)11-13-21/h8-13,15,17,23H,5-7,14,16H2,1-4H3,(H,29,33)/t23-/m1/s1. The summed E-state index contributed by atoms with van der Waals surface area (Å²) in [7, 11) is -3.58. The lowest BCUT2D eigenvalue weighted by Gasteiger charge is -2.32. The fourth-order valence-corrected chi connectivity index (χ4v) is 5.30. The summed E-state index contributed by atoms with van der Waals surface area (Å²) in [4.78, 5) is 27.8. The molecule has 0 bridgehead atoms. The first-order valence-electron chi connectivity index (χ1n) is 11.6. The van der Waals surface area contributed by atoms with Crippen molar-refractivity contribution in [2.75, 3.05) is 17.1 Å². The minimum atomic E-state index is -3.58. The molecule has 0 heterocycles. The van der Waals surface area contributed by atoms with Gasteiger partial charge in [-0.15, -0.1) is 0 Å². The minimum absolute atomic E-state index is 0.0380. The van der Waals surface area contributed by atoms with Crippen molar-refractivity contribution in [3.63, 3.8) is 0 Å². The van der Waals surface area contributed by atoms with Crippen LogP contribution in [-0.2, 0) is 26.2 Å². The molecule has 0 unspecified atom stereocenters. The lowest BCUT2D eigenvalue weighted by Crippen LogP contribution is -2.50. The molecule has 1 atom stereocenters. The number of carbonyl (C=O) groups is 2. The zero-order valence-electron chi connectivity index (χ0n) is 20.8. The molecular formula is C25H32Cl3N3O4S. The number of carbonyl (C=O) groups excluding carboxylic acids is 2. The van der Waals surface area contributed by atoms with Crippen LogP contribution in [0.2, 0.25) is 15.1 Å². The molecule has 2 amide bonds. The van der Waals surface area contributed by atoms with E-state index in [4.69, 9.17) is 34.8 Å². The van der Waals surface area contributed by atoms with E-state index in [1.807, 2.05) is 20.8 Å². The highest BCUT2D eigenvalue weighted by molar-refractivity contribution is 7.92. The third-order valence-electron chi connectivity index (χ3n) is 5.44. The molecular weight excluding hydrogens is 545 g/mol. The first-order valence-corrected chi connectivity index (χ1v) is 14.6. The van der Waals surface area contributed by atoms with Gasteiger partial charge in [-0.2, -0.15) is 0 Å². The van der Waals surface area contributed by atoms with Gasteiger partial charge in [0, 0.05) is 40.6 Å². The number of anilines is 1. The summed E-state index contributed by atoms with van der Waals surface area (Å²) >= 11 is 18.3. The molecule has 0 aliphatic carbocycles. The number of nitrogens with zero attached hydrogens (tertiary/aromatic N) is 2. The van der Waals surface area contributed by atoms with Gasteiger partial charge in [0.1, 0.15) is 6.04 Å². The van der Waals surface area contributed by atoms with Crippen LogP contribution in [-0.4, -0.2) is 50.0 Å². The fraction of sp³-hybridized carbons (Fsp3) is 0.440. The molecule has 36 heavy (non-hydrogen) atoms. The molecule has 0 fully saturated rings. The number of benzene rings is 2. The fourth-order valence-electron chi connectivity index (χ4n) is 3.74. The molecule has 0 radical (unpaired) electrons. The minimum Gasteiger partial charge on any atom is -0.352 e. The van der Waals surface area contributed by atoms with Crippen LogP contribution in [0.4, 0.5) is 5.69 Å². The lowest BCUT2D eigenvalue weighted by atomic mass is 10.1. The van der Waals surface area contributed by atoms with Crippen molar-refractivity contribution in [2.24, 2.45) is 0 Å². The second kappa shape index (κ2) is 13.5. The van der Waals surface area contributed by atoms with Crippen molar-refractivity contribution in [2.45, 2.75) is 58.7 Å². The summed E-state index contributed by atoms with van der Waals surface area (Å²) in [5, 5.41) is 4.22. The molecule has 11 heteroatoms. The average Bonchev–Trinajstić information content (AvgIpc) is 2.77. The molecule has 2 rings (SSSR count). The van der Waals surface area contributed by atoms with Crippen molar-refractivity contribution < 1.29 is 18.0 Å². The predicted octanol–water partition coefficient (Wildman–Crippen LogP) is 5.53. The SMILES string of the molecule is CC[C@H](C(=O)NC(C)C)N(Cc1ccc(Cl)cc1Cl)C(=O)CCCN(c1ccc(Cl)cc1)S(C)(=O)=O. The molecule has 198 valence electrons. The molecule has 1 N–H and O–H groups in total. The Kier molecular flexibility index (Phi) is 11.3. The number of nitrogens with one attached hydrogen (secondary N) is 1. The highest BCUT2D eigenvalue weighted by Gasteiger charge is 2.29. The number of rotatable bonds is 12. The van der Waals surface area contributed by atoms with Gasteiger partial charge in [0.05, 0.1) is 11.9 Å². The number of hydrogen-bond donors (Lipinski definition) is 1. The number of halogens is 3. The van der Waals surface area contributed by atoms with Gasteiger partial charge < -0.3 is 10.2 Å². The normalized spacial score (nSPS) is 12.3. The Balaban J connectivity index is 2.25. The average molecular weight is 577 g/mol. The van der Waals surface area contributed by atoms with E-state index in [0.29, 0.717) is 32.7 Å². The smallest absolute Gasteiger partial charge is 0.243 e. The van der Waals surface area contributed by atoms with E-state index in [9.17, 15) is 18.0 Å². The molecule has 0 aliphatic heterocycles. The molecule has 0 spiro atoms. The largest absolute Gasteiger partial charge is 0.352 e. The summed E-state index contributed by atoms with van der Waals surface area (Å²) in [5.41, 5.74) is 1.12. The summed E-state index contributed by atoms with van der Waals surface area (Å²) in [6, 6.07) is 10.6. The van der Waals surface area contributed by atoms with Crippen LogP contribution in [0.1, 0.15) is 45.6 Å². The zero-order chi connectivity index (χ0) is 27.0. The van der Waals surface area contributed by atoms with E-state index in [0.717, 1.165) is 6.26 Å². The predicted molar refractivity (Wildman–Crippen MR) is 147 cm³/mol. The number of sulfonamides is 1. The van der Waals surface area contributed by atoms with Crippen LogP contribution in [0.25, 0.3) is 0 Å². The number of amides is 2. The molecule has 2 aromatic carbocycles. The highest BCUT2D eigenvalue weighted by Crippen LogP contribution is 2.25. The van der Waals surface area contributed by atoms with Crippen LogP contribution >= 0.6 is 34.8 Å². The van der Waals surface area contributed by atoms with Crippen LogP contribution in [0.5, 0.6) is 0 Å². The third-order valence-corrected chi connectivity index (χ3v) is 7.47. The van der Waals surface area contributed by atoms with Crippen LogP contribution in [0, 0.1) is 0 Å². The Labute approximate surface area is 228 Å². The van der Waals surface area contributed by atoms with Crippen molar-refractivity contribution in [1.82, 2.24) is 10.2 Å². The number of hydrogen-bond acceptors (Lipinski definition) is 4. The quantitative estimate of drug-likeness (QED) is 0.360. The van der Waals surface area contributed by atoms with Gasteiger partial charge in [-0.1, -0.05) is 47.8 Å². The molecule has 2 aromatic rings. The maximum atomic E-state index is 13.4. The second-order valence-electron chi connectivity index (χ2n) is 8.76. The van der Waals surface area contributed by atoms with E-state index >= 15 is 0 Å². The van der Waals surface area contributed by atoms with Gasteiger partial charge in [0.25, 0.3) is 0 Å². The Hall–Kier alpha value is -2.00. The Morgan fingerprint density at radius 1 is 1.00 bits per heavy atom. The molecule has 0 aliphatic rings. The van der Waals surface area contributed by atoms with Crippen LogP contribution < -0.4 is 9.62 Å². The first-order chi connectivity index (χ1) is 16.8. The molecule has 0 aromatic heterocycles. The van der Waals surface area contributed by atoms with Crippen LogP contribution in [0.15, 0.2) is 42.5 Å². The van der Waals surface area contributed by atoms with E-state index < -0.39 is 16.1 Å². The maximum absolute atomic E-state index is 13.4. The second-order valence-corrected chi connectivity index (χ2v) is 11.9. The Morgan fingerprint density at radius 3 is 2.14 bits per heavy atom. The molecule has 7 nitrogen and oxygen atoms in total. The van der Waals surface area contributed by atoms with Crippen molar-refractivity contribution in [1.29, 1.82) is 0 Å². The summed E-state index contributed by atoms with van der Waals surface area (Å²) < 4.78 is 26.0. The van der Waals surface area contributed by atoms with E-state index in [-0.39, 0.29) is 43.8 Å². The zero-order valence-corrected chi connectivity index (χ0v) is 23.9. The van der Waals surface area contributed by atoms with Crippen LogP contribution in [0.3, 0.4) is 0 Å². The van der Waals surface area contributed by atoms with Gasteiger partial charge in [0.2, 0.25) is 21.8 Å². The third kappa shape index (κ3) is 8.83. The van der Waals surface area contributed by atoms with E-state index in [1.165, 1.54) is 9.21 Å². The van der Waals surface area contributed by atoms with Gasteiger partial charge in [-0.3, -0.25) is 13.9 Å². The van der Waals surface area contributed by atoms with Gasteiger partial charge in [-0.05, 0) is 68.7 Å². The summed E-state index contributed by atoms with van der Waals surface area (Å²) in [6.07, 6.45) is 1.80. The van der Waals surface area contributed by atoms with Gasteiger partial charge in [-0.25, -0.2) is 8.42 Å². The van der Waals surface area contributed by atoms with Gasteiger partial charge >= 0.3 is 0 Å². The monoisotopic (exact) mass is 575 g/mol. The maximum Gasteiger partial charge on any atom is 0.243 e. The summed E-state index contributed by atoms with van der Waals surface area (Å²) in [5.74, 6) is -0.541. The summed E-state index contributed by atoms with van der Waals surface area (Å²) in [6.45, 7) is 5.75. The van der Waals surface area contributed by atoms with Crippen molar-refractivity contribution in [3.05, 3.63) is 63.1 Å². The van der Waals surface area contributed by atoms with Gasteiger partial charge in [0.15, 0.2) is 0 Å². The highest BCUT2D eigenvalue weighted by atomic mass is 35.5. The van der Waals surface area contributed by atoms with E-state index in [1.54, 1.807) is 42.5 Å². The topological polar surface area (TPSA) is 86.8 Å². The van der Waals surface area contributed by atoms with E-state index in [2.05, 4.69) is 5.32 Å². The molecule has 0 saturated heterocycles. The first kappa shape index (κ1) is 30.2. The van der Waals surface area contributed by atoms with Crippen molar-refractivity contribution in [3.8, 4) is 0 Å². The Bertz CT molecular complexity index is 1160.